The predicted molar refractivity (Wildman–Crippen MR) is 232 cm³/mol. The molecule has 0 saturated carbocycles. The molecule has 0 radical (unpaired) electrons. The smallest absolute Gasteiger partial charge is 0.0907 e. The number of nitrogens with zero attached hydrogens (tertiary/aromatic N) is 10. The van der Waals surface area contributed by atoms with Crippen molar-refractivity contribution in [1.29, 1.82) is 0 Å². The summed E-state index contributed by atoms with van der Waals surface area (Å²) >= 11 is 0. The fraction of sp³-hybridized carbons (Fsp3) is 0. The molecule has 0 aliphatic rings. The zero-order chi connectivity index (χ0) is 38.2. The van der Waals surface area contributed by atoms with Gasteiger partial charge in [0.15, 0.2) is 0 Å². The molecular weight excluding hydrogens is 717 g/mol. The standard InChI is InChI=1S/C48H28N10/c1-5-37-41(49-17-1)21-31(25-53-37)57(32-22-42-38(54-26-32)6-2-18-50-42)45-15-11-29-10-14-36-46(16-12-30-9-13-35(45)47(29)48(30)36)58(33-23-43-39(55-27-33)7-3-19-51-43)34-24-44-40(56-28-34)8-4-20-52-44/h1-28H. The van der Waals surface area contributed by atoms with Crippen LogP contribution in [0.4, 0.5) is 34.1 Å². The van der Waals surface area contributed by atoms with Gasteiger partial charge in [0.25, 0.3) is 0 Å². The van der Waals surface area contributed by atoms with Gasteiger partial charge in [-0.25, -0.2) is 0 Å². The van der Waals surface area contributed by atoms with Crippen LogP contribution in [0.5, 0.6) is 0 Å². The Bertz CT molecular complexity index is 3180. The molecule has 10 heteroatoms. The summed E-state index contributed by atoms with van der Waals surface area (Å²) in [6.07, 6.45) is 14.8. The predicted octanol–water partition coefficient (Wildman–Crippen LogP) is 11.3. The van der Waals surface area contributed by atoms with E-state index in [9.17, 15) is 0 Å². The van der Waals surface area contributed by atoms with E-state index in [0.717, 1.165) is 111 Å². The monoisotopic (exact) mass is 744 g/mol. The first-order valence-corrected chi connectivity index (χ1v) is 18.9. The number of hydrogen-bond acceptors (Lipinski definition) is 10. The molecule has 12 rings (SSSR count). The molecule has 270 valence electrons. The number of benzene rings is 4. The summed E-state index contributed by atoms with van der Waals surface area (Å²) in [5, 5.41) is 6.71. The third kappa shape index (κ3) is 5.05. The molecule has 8 aromatic heterocycles. The summed E-state index contributed by atoms with van der Waals surface area (Å²) in [7, 11) is 0. The summed E-state index contributed by atoms with van der Waals surface area (Å²) in [6, 6.07) is 41.5. The van der Waals surface area contributed by atoms with Gasteiger partial charge in [-0.1, -0.05) is 36.4 Å². The average molecular weight is 745 g/mol. The Morgan fingerprint density at radius 1 is 0.293 bits per heavy atom. The third-order valence-electron chi connectivity index (χ3n) is 10.9. The van der Waals surface area contributed by atoms with Gasteiger partial charge >= 0.3 is 0 Å². The highest BCUT2D eigenvalue weighted by Crippen LogP contribution is 2.47. The number of hydrogen-bond donors (Lipinski definition) is 0. The van der Waals surface area contributed by atoms with E-state index in [0.29, 0.717) is 0 Å². The average Bonchev–Trinajstić information content (AvgIpc) is 3.29. The Morgan fingerprint density at radius 3 is 0.931 bits per heavy atom. The lowest BCUT2D eigenvalue weighted by Crippen LogP contribution is -2.12. The van der Waals surface area contributed by atoms with E-state index in [1.165, 1.54) is 0 Å². The van der Waals surface area contributed by atoms with Crippen LogP contribution in [0, 0.1) is 0 Å². The molecule has 0 N–H and O–H groups in total. The van der Waals surface area contributed by atoms with Gasteiger partial charge in [0, 0.05) is 35.6 Å². The topological polar surface area (TPSA) is 110 Å². The van der Waals surface area contributed by atoms with Crippen LogP contribution in [0.25, 0.3) is 76.5 Å². The minimum atomic E-state index is 0.802. The van der Waals surface area contributed by atoms with Crippen LogP contribution in [-0.4, -0.2) is 39.9 Å². The Balaban J connectivity index is 1.12. The van der Waals surface area contributed by atoms with E-state index in [1.807, 2.05) is 73.3 Å². The largest absolute Gasteiger partial charge is 0.307 e. The molecule has 0 bridgehead atoms. The van der Waals surface area contributed by atoms with E-state index in [1.54, 1.807) is 24.8 Å². The fourth-order valence-corrected chi connectivity index (χ4v) is 8.27. The SMILES string of the molecule is c1cnc2cc(N(c3cnc4cccnc4c3)c3ccc4ccc5c(N(c6cnc7cccnc7c6)c6cnc7cccnc7c6)ccc6ccc3c4c65)cnc2c1. The van der Waals surface area contributed by atoms with Gasteiger partial charge in [-0.05, 0) is 106 Å². The zero-order valence-corrected chi connectivity index (χ0v) is 30.6. The van der Waals surface area contributed by atoms with Crippen molar-refractivity contribution in [2.45, 2.75) is 0 Å². The van der Waals surface area contributed by atoms with Crippen molar-refractivity contribution in [2.24, 2.45) is 0 Å². The molecule has 0 unspecified atom stereocenters. The van der Waals surface area contributed by atoms with Crippen LogP contribution in [0.3, 0.4) is 0 Å². The molecule has 10 nitrogen and oxygen atoms in total. The van der Waals surface area contributed by atoms with E-state index in [-0.39, 0.29) is 0 Å². The molecule has 0 aliphatic carbocycles. The first-order chi connectivity index (χ1) is 28.7. The first-order valence-electron chi connectivity index (χ1n) is 18.9. The second-order valence-electron chi connectivity index (χ2n) is 14.2. The second-order valence-corrected chi connectivity index (χ2v) is 14.2. The van der Waals surface area contributed by atoms with E-state index >= 15 is 0 Å². The fourth-order valence-electron chi connectivity index (χ4n) is 8.27. The summed E-state index contributed by atoms with van der Waals surface area (Å²) in [4.78, 5) is 42.4. The van der Waals surface area contributed by atoms with Crippen LogP contribution in [0.1, 0.15) is 0 Å². The van der Waals surface area contributed by atoms with E-state index in [4.69, 9.17) is 19.9 Å². The molecule has 8 heterocycles. The zero-order valence-electron chi connectivity index (χ0n) is 30.6. The van der Waals surface area contributed by atoms with Crippen LogP contribution < -0.4 is 9.80 Å². The number of rotatable bonds is 6. The van der Waals surface area contributed by atoms with Crippen LogP contribution in [0.15, 0.2) is 171 Å². The number of pyridine rings is 8. The lowest BCUT2D eigenvalue weighted by Gasteiger charge is -2.29. The molecule has 0 aliphatic heterocycles. The first kappa shape index (κ1) is 32.0. The van der Waals surface area contributed by atoms with Crippen molar-refractivity contribution >= 4 is 111 Å². The van der Waals surface area contributed by atoms with Crippen molar-refractivity contribution in [1.82, 2.24) is 39.9 Å². The Kier molecular flexibility index (Phi) is 6.99. The molecule has 12 aromatic rings. The van der Waals surface area contributed by atoms with Crippen molar-refractivity contribution in [2.75, 3.05) is 9.80 Å². The quantitative estimate of drug-likeness (QED) is 0.153. The Hall–Kier alpha value is -8.24. The summed E-state index contributed by atoms with van der Waals surface area (Å²) in [5.41, 5.74) is 11.9. The van der Waals surface area contributed by atoms with Gasteiger partial charge in [0.1, 0.15) is 0 Å². The van der Waals surface area contributed by atoms with Gasteiger partial charge in [0.05, 0.1) is 103 Å². The molecule has 58 heavy (non-hydrogen) atoms. The summed E-state index contributed by atoms with van der Waals surface area (Å²) in [6.45, 7) is 0. The Labute approximate surface area is 330 Å². The van der Waals surface area contributed by atoms with Crippen molar-refractivity contribution in [3.63, 3.8) is 0 Å². The van der Waals surface area contributed by atoms with Gasteiger partial charge in [-0.3, -0.25) is 39.9 Å². The molecule has 0 amide bonds. The second kappa shape index (κ2) is 12.7. The normalized spacial score (nSPS) is 11.8. The maximum Gasteiger partial charge on any atom is 0.0907 e. The highest BCUT2D eigenvalue weighted by atomic mass is 15.2. The maximum atomic E-state index is 4.84. The molecule has 0 atom stereocenters. The number of anilines is 6. The molecule has 0 spiro atoms. The van der Waals surface area contributed by atoms with Gasteiger partial charge in [-0.2, -0.15) is 0 Å². The molecule has 0 fully saturated rings. The highest BCUT2D eigenvalue weighted by Gasteiger charge is 2.23. The number of aromatic nitrogens is 8. The lowest BCUT2D eigenvalue weighted by molar-refractivity contribution is 1.23. The van der Waals surface area contributed by atoms with Crippen LogP contribution in [-0.2, 0) is 0 Å². The third-order valence-corrected chi connectivity index (χ3v) is 10.9. The maximum absolute atomic E-state index is 4.84. The van der Waals surface area contributed by atoms with E-state index < -0.39 is 0 Å². The van der Waals surface area contributed by atoms with Gasteiger partial charge in [-0.15, -0.1) is 0 Å². The van der Waals surface area contributed by atoms with Crippen LogP contribution >= 0.6 is 0 Å². The lowest BCUT2D eigenvalue weighted by atomic mass is 9.92. The van der Waals surface area contributed by atoms with Crippen molar-refractivity contribution < 1.29 is 0 Å². The molecule has 0 saturated heterocycles. The van der Waals surface area contributed by atoms with Gasteiger partial charge < -0.3 is 9.80 Å². The summed E-state index contributed by atoms with van der Waals surface area (Å²) in [5.74, 6) is 0. The minimum absolute atomic E-state index is 0.802. The van der Waals surface area contributed by atoms with Crippen molar-refractivity contribution in [3.05, 3.63) is 171 Å². The van der Waals surface area contributed by atoms with Gasteiger partial charge in [0.2, 0.25) is 0 Å². The van der Waals surface area contributed by atoms with Crippen molar-refractivity contribution in [3.8, 4) is 0 Å². The van der Waals surface area contributed by atoms with Crippen LogP contribution in [0.2, 0.25) is 0 Å². The number of fused-ring (bicyclic) bond motifs is 4. The Morgan fingerprint density at radius 2 is 0.603 bits per heavy atom. The minimum Gasteiger partial charge on any atom is -0.307 e. The highest BCUT2D eigenvalue weighted by molar-refractivity contribution is 6.28. The summed E-state index contributed by atoms with van der Waals surface area (Å²) < 4.78 is 0. The molecular formula is C48H28N10. The van der Waals surface area contributed by atoms with E-state index in [2.05, 4.69) is 103 Å². The molecule has 4 aromatic carbocycles.